The van der Waals surface area contributed by atoms with E-state index in [0.29, 0.717) is 22.9 Å². The fourth-order valence-electron chi connectivity index (χ4n) is 4.79. The topological polar surface area (TPSA) is 40.6 Å². The van der Waals surface area contributed by atoms with Crippen LogP contribution in [0, 0.1) is 19.8 Å². The quantitative estimate of drug-likeness (QED) is 0.555. The van der Waals surface area contributed by atoms with E-state index >= 15 is 0 Å². The van der Waals surface area contributed by atoms with E-state index < -0.39 is 0 Å². The number of benzene rings is 2. The molecule has 2 amide bonds. The maximum absolute atomic E-state index is 13.7. The van der Waals surface area contributed by atoms with Crippen molar-refractivity contribution in [3.63, 3.8) is 0 Å². The van der Waals surface area contributed by atoms with Crippen molar-refractivity contribution in [2.75, 3.05) is 18.0 Å². The lowest BCUT2D eigenvalue weighted by Crippen LogP contribution is -2.39. The van der Waals surface area contributed by atoms with E-state index in [9.17, 15) is 9.59 Å². The highest BCUT2D eigenvalue weighted by atomic mass is 16.2. The molecule has 0 aromatic heterocycles. The number of carbonyl (C=O) groups excluding carboxylic acids is 2. The summed E-state index contributed by atoms with van der Waals surface area (Å²) in [6.07, 6.45) is 5.50. The summed E-state index contributed by atoms with van der Waals surface area (Å²) in [4.78, 5) is 31.0. The summed E-state index contributed by atoms with van der Waals surface area (Å²) in [7, 11) is 0. The number of likely N-dealkylation sites (tertiary alicyclic amines) is 1. The molecule has 168 valence electrons. The summed E-state index contributed by atoms with van der Waals surface area (Å²) < 4.78 is 0. The molecular formula is C28H34N2O2. The summed E-state index contributed by atoms with van der Waals surface area (Å²) in [5.41, 5.74) is 6.15. The lowest BCUT2D eigenvalue weighted by Gasteiger charge is -2.33. The third kappa shape index (κ3) is 4.23. The van der Waals surface area contributed by atoms with Crippen LogP contribution < -0.4 is 4.90 Å². The van der Waals surface area contributed by atoms with Gasteiger partial charge in [-0.2, -0.15) is 0 Å². The van der Waals surface area contributed by atoms with Gasteiger partial charge >= 0.3 is 0 Å². The number of rotatable bonds is 6. The van der Waals surface area contributed by atoms with Gasteiger partial charge in [-0.15, -0.1) is 0 Å². The Morgan fingerprint density at radius 2 is 1.72 bits per heavy atom. The number of anilines is 1. The van der Waals surface area contributed by atoms with Gasteiger partial charge in [0.15, 0.2) is 0 Å². The van der Waals surface area contributed by atoms with E-state index in [0.717, 1.165) is 56.3 Å². The zero-order chi connectivity index (χ0) is 22.8. The van der Waals surface area contributed by atoms with Gasteiger partial charge in [-0.1, -0.05) is 50.6 Å². The van der Waals surface area contributed by atoms with Crippen molar-refractivity contribution in [1.82, 2.24) is 4.90 Å². The Labute approximate surface area is 191 Å². The van der Waals surface area contributed by atoms with Crippen LogP contribution in [0.2, 0.25) is 0 Å². The van der Waals surface area contributed by atoms with Crippen molar-refractivity contribution in [3.05, 3.63) is 70.4 Å². The van der Waals surface area contributed by atoms with Gasteiger partial charge in [0.1, 0.15) is 5.70 Å². The molecule has 4 rings (SSSR count). The summed E-state index contributed by atoms with van der Waals surface area (Å²) in [6, 6.07) is 14.0. The first-order valence-electron chi connectivity index (χ1n) is 11.9. The molecule has 0 radical (unpaired) electrons. The molecule has 2 aliphatic rings. The zero-order valence-corrected chi connectivity index (χ0v) is 19.8. The normalized spacial score (nSPS) is 19.3. The molecule has 2 aromatic carbocycles. The van der Waals surface area contributed by atoms with Gasteiger partial charge in [-0.05, 0) is 79.8 Å². The SMILES string of the molecule is CCCCc1ccc(N2C(=O)C(c3ccc(C)c(C)c3)=C(N3CCCC(C)C3)C2=O)cc1. The number of unbranched alkanes of at least 4 members (excludes halogenated alkanes) is 1. The smallest absolute Gasteiger partial charge is 0.282 e. The lowest BCUT2D eigenvalue weighted by molar-refractivity contribution is -0.120. The Bertz CT molecular complexity index is 1050. The van der Waals surface area contributed by atoms with Crippen LogP contribution in [0.25, 0.3) is 5.57 Å². The standard InChI is InChI=1S/C28H34N2O2/c1-5-6-9-22-11-14-24(15-12-22)30-27(31)25(23-13-10-20(3)21(4)17-23)26(28(30)32)29-16-7-8-19(2)18-29/h10-15,17,19H,5-9,16,18H2,1-4H3. The number of imide groups is 1. The molecular weight excluding hydrogens is 396 g/mol. The Balaban J connectivity index is 1.75. The average molecular weight is 431 g/mol. The minimum absolute atomic E-state index is 0.196. The van der Waals surface area contributed by atoms with Crippen molar-refractivity contribution in [2.24, 2.45) is 5.92 Å². The van der Waals surface area contributed by atoms with E-state index in [4.69, 9.17) is 0 Å². The molecule has 0 spiro atoms. The molecule has 1 fully saturated rings. The van der Waals surface area contributed by atoms with Crippen LogP contribution in [-0.4, -0.2) is 29.8 Å². The Morgan fingerprint density at radius 1 is 0.969 bits per heavy atom. The number of nitrogens with zero attached hydrogens (tertiary/aromatic N) is 2. The van der Waals surface area contributed by atoms with E-state index in [1.54, 1.807) is 0 Å². The highest BCUT2D eigenvalue weighted by Crippen LogP contribution is 2.37. The highest BCUT2D eigenvalue weighted by Gasteiger charge is 2.43. The van der Waals surface area contributed by atoms with Gasteiger partial charge in [0.05, 0.1) is 11.3 Å². The molecule has 1 unspecified atom stereocenters. The van der Waals surface area contributed by atoms with Crippen LogP contribution in [0.1, 0.15) is 61.8 Å². The molecule has 0 aliphatic carbocycles. The summed E-state index contributed by atoms with van der Waals surface area (Å²) in [5.74, 6) is 0.0958. The first-order valence-corrected chi connectivity index (χ1v) is 11.9. The number of carbonyl (C=O) groups is 2. The van der Waals surface area contributed by atoms with Gasteiger partial charge in [0, 0.05) is 13.1 Å². The van der Waals surface area contributed by atoms with Crippen LogP contribution in [0.4, 0.5) is 5.69 Å². The summed E-state index contributed by atoms with van der Waals surface area (Å²) in [6.45, 7) is 10.1. The van der Waals surface area contributed by atoms with Crippen molar-refractivity contribution in [1.29, 1.82) is 0 Å². The largest absolute Gasteiger partial charge is 0.366 e. The molecule has 1 saturated heterocycles. The first kappa shape index (κ1) is 22.3. The summed E-state index contributed by atoms with van der Waals surface area (Å²) >= 11 is 0. The minimum atomic E-state index is -0.215. The predicted octanol–water partition coefficient (Wildman–Crippen LogP) is 5.66. The van der Waals surface area contributed by atoms with E-state index in [-0.39, 0.29) is 11.8 Å². The average Bonchev–Trinajstić information content (AvgIpc) is 3.04. The third-order valence-electron chi connectivity index (χ3n) is 6.84. The molecule has 4 nitrogen and oxygen atoms in total. The molecule has 0 bridgehead atoms. The van der Waals surface area contributed by atoms with Crippen LogP contribution in [0.15, 0.2) is 48.2 Å². The predicted molar refractivity (Wildman–Crippen MR) is 130 cm³/mol. The van der Waals surface area contributed by atoms with Gasteiger partial charge in [-0.3, -0.25) is 9.59 Å². The Kier molecular flexibility index (Phi) is 6.50. The second-order valence-corrected chi connectivity index (χ2v) is 9.43. The number of aryl methyl sites for hydroxylation is 3. The van der Waals surface area contributed by atoms with Crippen molar-refractivity contribution in [2.45, 2.75) is 59.8 Å². The number of hydrogen-bond acceptors (Lipinski definition) is 3. The number of amides is 2. The maximum Gasteiger partial charge on any atom is 0.282 e. The van der Waals surface area contributed by atoms with Gasteiger partial charge in [0.2, 0.25) is 0 Å². The second kappa shape index (κ2) is 9.32. The molecule has 2 aromatic rings. The first-order chi connectivity index (χ1) is 15.4. The minimum Gasteiger partial charge on any atom is -0.366 e. The van der Waals surface area contributed by atoms with E-state index in [1.807, 2.05) is 42.5 Å². The fraction of sp³-hybridized carbons (Fsp3) is 0.429. The maximum atomic E-state index is 13.7. The zero-order valence-electron chi connectivity index (χ0n) is 19.8. The fourth-order valence-corrected chi connectivity index (χ4v) is 4.79. The van der Waals surface area contributed by atoms with Crippen LogP contribution >= 0.6 is 0 Å². The van der Waals surface area contributed by atoms with Crippen LogP contribution in [0.3, 0.4) is 0 Å². The van der Waals surface area contributed by atoms with Crippen molar-refractivity contribution >= 4 is 23.1 Å². The van der Waals surface area contributed by atoms with Gasteiger partial charge < -0.3 is 4.90 Å². The Morgan fingerprint density at radius 3 is 2.38 bits per heavy atom. The molecule has 2 heterocycles. The lowest BCUT2D eigenvalue weighted by atomic mass is 9.96. The molecule has 2 aliphatic heterocycles. The van der Waals surface area contributed by atoms with E-state index in [1.165, 1.54) is 16.0 Å². The monoisotopic (exact) mass is 430 g/mol. The molecule has 0 saturated carbocycles. The van der Waals surface area contributed by atoms with Gasteiger partial charge in [-0.25, -0.2) is 4.90 Å². The Hall–Kier alpha value is -2.88. The third-order valence-corrected chi connectivity index (χ3v) is 6.84. The van der Waals surface area contributed by atoms with Crippen molar-refractivity contribution < 1.29 is 9.59 Å². The molecule has 32 heavy (non-hydrogen) atoms. The van der Waals surface area contributed by atoms with E-state index in [2.05, 4.69) is 32.6 Å². The molecule has 0 N–H and O–H groups in total. The second-order valence-electron chi connectivity index (χ2n) is 9.43. The highest BCUT2D eigenvalue weighted by molar-refractivity contribution is 6.45. The number of hydrogen-bond donors (Lipinski definition) is 0. The van der Waals surface area contributed by atoms with Crippen LogP contribution in [-0.2, 0) is 16.0 Å². The molecule has 1 atom stereocenters. The summed E-state index contributed by atoms with van der Waals surface area (Å²) in [5, 5.41) is 0. The van der Waals surface area contributed by atoms with Crippen molar-refractivity contribution in [3.8, 4) is 0 Å². The van der Waals surface area contributed by atoms with Crippen LogP contribution in [0.5, 0.6) is 0 Å². The molecule has 4 heteroatoms. The van der Waals surface area contributed by atoms with Gasteiger partial charge in [0.25, 0.3) is 11.8 Å². The number of piperidine rings is 1.